The Bertz CT molecular complexity index is 1040. The van der Waals surface area contributed by atoms with Gasteiger partial charge in [-0.2, -0.15) is 0 Å². The lowest BCUT2D eigenvalue weighted by Crippen LogP contribution is -2.37. The molecule has 0 fully saturated rings. The molecular formula is C22H18ClFN2O3. The standard InChI is InChI=1S/C22H18ClFN2O3/c23-19-8-2-1-5-16(19)13-26(22(27)21-9-4-10-28-21)14-18-12-20(25-29-18)15-6-3-7-17(24)11-15/h1-11,18H,12-14H2/t18-/m0/s1. The molecule has 0 spiro atoms. The highest BCUT2D eigenvalue weighted by Gasteiger charge is 2.28. The molecule has 1 aliphatic heterocycles. The van der Waals surface area contributed by atoms with Gasteiger partial charge in [-0.25, -0.2) is 4.39 Å². The number of oxime groups is 1. The van der Waals surface area contributed by atoms with Crippen LogP contribution in [-0.2, 0) is 11.4 Å². The predicted octanol–water partition coefficient (Wildman–Crippen LogP) is 4.91. The van der Waals surface area contributed by atoms with E-state index in [1.165, 1.54) is 18.4 Å². The van der Waals surface area contributed by atoms with E-state index >= 15 is 0 Å². The van der Waals surface area contributed by atoms with Crippen molar-refractivity contribution in [3.8, 4) is 0 Å². The number of halogens is 2. The van der Waals surface area contributed by atoms with E-state index in [0.717, 1.165) is 5.56 Å². The minimum Gasteiger partial charge on any atom is -0.459 e. The Balaban J connectivity index is 1.50. The van der Waals surface area contributed by atoms with Crippen LogP contribution < -0.4 is 0 Å². The van der Waals surface area contributed by atoms with Gasteiger partial charge in [-0.3, -0.25) is 4.79 Å². The smallest absolute Gasteiger partial charge is 0.289 e. The lowest BCUT2D eigenvalue weighted by molar-refractivity contribution is 0.0387. The highest BCUT2D eigenvalue weighted by atomic mass is 35.5. The molecular weight excluding hydrogens is 395 g/mol. The van der Waals surface area contributed by atoms with Gasteiger partial charge in [0, 0.05) is 23.6 Å². The van der Waals surface area contributed by atoms with Crippen molar-refractivity contribution < 1.29 is 18.4 Å². The average molecular weight is 413 g/mol. The first-order valence-electron chi connectivity index (χ1n) is 9.15. The van der Waals surface area contributed by atoms with Crippen LogP contribution in [0.25, 0.3) is 0 Å². The number of carbonyl (C=O) groups excluding carboxylic acids is 1. The van der Waals surface area contributed by atoms with Gasteiger partial charge in [0.2, 0.25) is 0 Å². The van der Waals surface area contributed by atoms with E-state index in [9.17, 15) is 9.18 Å². The normalized spacial score (nSPS) is 15.7. The van der Waals surface area contributed by atoms with Crippen LogP contribution in [0.3, 0.4) is 0 Å². The van der Waals surface area contributed by atoms with E-state index < -0.39 is 0 Å². The minimum absolute atomic E-state index is 0.237. The quantitative estimate of drug-likeness (QED) is 0.578. The maximum atomic E-state index is 13.5. The summed E-state index contributed by atoms with van der Waals surface area (Å²) in [6.07, 6.45) is 1.57. The van der Waals surface area contributed by atoms with Crippen LogP contribution in [0.15, 0.2) is 76.5 Å². The lowest BCUT2D eigenvalue weighted by atomic mass is 10.0. The fourth-order valence-corrected chi connectivity index (χ4v) is 3.41. The molecule has 0 radical (unpaired) electrons. The summed E-state index contributed by atoms with van der Waals surface area (Å²) >= 11 is 6.28. The van der Waals surface area contributed by atoms with Gasteiger partial charge in [0.1, 0.15) is 5.82 Å². The van der Waals surface area contributed by atoms with Gasteiger partial charge in [0.15, 0.2) is 11.9 Å². The van der Waals surface area contributed by atoms with E-state index in [4.69, 9.17) is 20.9 Å². The first-order valence-corrected chi connectivity index (χ1v) is 9.53. The van der Waals surface area contributed by atoms with Crippen molar-refractivity contribution in [2.24, 2.45) is 5.16 Å². The molecule has 0 unspecified atom stereocenters. The molecule has 2 aromatic carbocycles. The maximum absolute atomic E-state index is 13.5. The van der Waals surface area contributed by atoms with Crippen molar-refractivity contribution in [3.05, 3.63) is 94.7 Å². The topological polar surface area (TPSA) is 55.0 Å². The number of hydrogen-bond acceptors (Lipinski definition) is 4. The van der Waals surface area contributed by atoms with E-state index in [1.807, 2.05) is 18.2 Å². The van der Waals surface area contributed by atoms with Crippen LogP contribution in [-0.4, -0.2) is 29.2 Å². The molecule has 0 saturated heterocycles. The molecule has 1 atom stereocenters. The summed E-state index contributed by atoms with van der Waals surface area (Å²) < 4.78 is 18.8. The summed E-state index contributed by atoms with van der Waals surface area (Å²) in [6.45, 7) is 0.585. The molecule has 5 nitrogen and oxygen atoms in total. The van der Waals surface area contributed by atoms with Gasteiger partial charge in [0.05, 0.1) is 18.5 Å². The average Bonchev–Trinajstić information content (AvgIpc) is 3.41. The van der Waals surface area contributed by atoms with Gasteiger partial charge < -0.3 is 14.2 Å². The molecule has 0 aliphatic carbocycles. The third kappa shape index (κ3) is 4.49. The molecule has 7 heteroatoms. The highest BCUT2D eigenvalue weighted by Crippen LogP contribution is 2.22. The molecule has 1 aliphatic rings. The van der Waals surface area contributed by atoms with Crippen molar-refractivity contribution in [1.29, 1.82) is 0 Å². The summed E-state index contributed by atoms with van der Waals surface area (Å²) in [4.78, 5) is 20.1. The number of rotatable bonds is 6. The van der Waals surface area contributed by atoms with Crippen molar-refractivity contribution in [2.75, 3.05) is 6.54 Å². The Labute approximate surface area is 172 Å². The van der Waals surface area contributed by atoms with Crippen LogP contribution in [0.4, 0.5) is 4.39 Å². The largest absolute Gasteiger partial charge is 0.459 e. The Morgan fingerprint density at radius 2 is 2.03 bits per heavy atom. The van der Waals surface area contributed by atoms with Crippen molar-refractivity contribution >= 4 is 23.2 Å². The number of benzene rings is 2. The monoisotopic (exact) mass is 412 g/mol. The van der Waals surface area contributed by atoms with Gasteiger partial charge in [-0.05, 0) is 35.9 Å². The first-order chi connectivity index (χ1) is 14.1. The van der Waals surface area contributed by atoms with Crippen molar-refractivity contribution in [3.63, 3.8) is 0 Å². The summed E-state index contributed by atoms with van der Waals surface area (Å²) in [5, 5.41) is 4.67. The second-order valence-electron chi connectivity index (χ2n) is 6.73. The number of furan rings is 1. The van der Waals surface area contributed by atoms with Gasteiger partial charge in [0.25, 0.3) is 5.91 Å². The molecule has 3 aromatic rings. The third-order valence-electron chi connectivity index (χ3n) is 4.65. The molecule has 4 rings (SSSR count). The van der Waals surface area contributed by atoms with Gasteiger partial charge in [-0.1, -0.05) is 47.1 Å². The zero-order valence-corrected chi connectivity index (χ0v) is 16.2. The SMILES string of the molecule is O=C(c1ccco1)N(Cc1ccccc1Cl)C[C@@H]1CC(c2cccc(F)c2)=NO1. The Morgan fingerprint density at radius 1 is 1.17 bits per heavy atom. The summed E-state index contributed by atoms with van der Waals surface area (Å²) in [7, 11) is 0. The van der Waals surface area contributed by atoms with Crippen LogP contribution in [0.2, 0.25) is 5.02 Å². The molecule has 148 valence electrons. The second-order valence-corrected chi connectivity index (χ2v) is 7.14. The highest BCUT2D eigenvalue weighted by molar-refractivity contribution is 6.31. The van der Waals surface area contributed by atoms with E-state index in [1.54, 1.807) is 35.2 Å². The molecule has 2 heterocycles. The van der Waals surface area contributed by atoms with E-state index in [0.29, 0.717) is 29.3 Å². The van der Waals surface area contributed by atoms with Crippen LogP contribution in [0, 0.1) is 5.82 Å². The van der Waals surface area contributed by atoms with Crippen molar-refractivity contribution in [2.45, 2.75) is 19.1 Å². The number of nitrogens with zero attached hydrogens (tertiary/aromatic N) is 2. The zero-order chi connectivity index (χ0) is 20.2. The summed E-state index contributed by atoms with van der Waals surface area (Å²) in [5.74, 6) is -0.360. The molecule has 0 N–H and O–H groups in total. The zero-order valence-electron chi connectivity index (χ0n) is 15.4. The van der Waals surface area contributed by atoms with Gasteiger partial charge in [-0.15, -0.1) is 0 Å². The fourth-order valence-electron chi connectivity index (χ4n) is 3.22. The fraction of sp³-hybridized carbons (Fsp3) is 0.182. The molecule has 29 heavy (non-hydrogen) atoms. The number of amides is 1. The number of carbonyl (C=O) groups is 1. The predicted molar refractivity (Wildman–Crippen MR) is 107 cm³/mol. The van der Waals surface area contributed by atoms with Gasteiger partial charge >= 0.3 is 0 Å². The van der Waals surface area contributed by atoms with E-state index in [2.05, 4.69) is 5.16 Å². The Morgan fingerprint density at radius 3 is 2.79 bits per heavy atom. The Hall–Kier alpha value is -3.12. The van der Waals surface area contributed by atoms with E-state index in [-0.39, 0.29) is 30.1 Å². The molecule has 1 amide bonds. The molecule has 0 bridgehead atoms. The minimum atomic E-state index is -0.352. The first kappa shape index (κ1) is 19.2. The lowest BCUT2D eigenvalue weighted by Gasteiger charge is -2.24. The summed E-state index contributed by atoms with van der Waals surface area (Å²) in [5.41, 5.74) is 2.14. The summed E-state index contributed by atoms with van der Waals surface area (Å²) in [6, 6.07) is 16.8. The maximum Gasteiger partial charge on any atom is 0.289 e. The third-order valence-corrected chi connectivity index (χ3v) is 5.02. The van der Waals surface area contributed by atoms with Crippen LogP contribution >= 0.6 is 11.6 Å². The Kier molecular flexibility index (Phi) is 5.62. The molecule has 0 saturated carbocycles. The number of hydrogen-bond donors (Lipinski definition) is 0. The van der Waals surface area contributed by atoms with Crippen LogP contribution in [0.1, 0.15) is 28.1 Å². The second kappa shape index (κ2) is 8.49. The molecule has 1 aromatic heterocycles. The van der Waals surface area contributed by atoms with Crippen LogP contribution in [0.5, 0.6) is 0 Å². The van der Waals surface area contributed by atoms with Crippen molar-refractivity contribution in [1.82, 2.24) is 4.90 Å².